The van der Waals surface area contributed by atoms with Gasteiger partial charge < -0.3 is 5.73 Å². The van der Waals surface area contributed by atoms with E-state index in [1.54, 1.807) is 0 Å². The number of nitrogens with two attached hydrogens (primary N) is 1. The smallest absolute Gasteiger partial charge is 0.260 e. The standard InChI is InChI=1S/C12H22F2N2/c13-12(14)6-1-7-16(9-12)8-10-2-4-11(15)5-3-10/h10-11H,1-9,15H2. The first kappa shape index (κ1) is 12.2. The predicted octanol–water partition coefficient (Wildman–Crippen LogP) is 2.24. The van der Waals surface area contributed by atoms with Crippen molar-refractivity contribution in [1.29, 1.82) is 0 Å². The second kappa shape index (κ2) is 4.96. The van der Waals surface area contributed by atoms with E-state index >= 15 is 0 Å². The van der Waals surface area contributed by atoms with E-state index in [0.717, 1.165) is 38.8 Å². The number of alkyl halides is 2. The molecule has 1 saturated carbocycles. The molecule has 94 valence electrons. The molecular formula is C12H22F2N2. The van der Waals surface area contributed by atoms with Crippen molar-refractivity contribution in [2.75, 3.05) is 19.6 Å². The van der Waals surface area contributed by atoms with Crippen LogP contribution in [0.5, 0.6) is 0 Å². The fourth-order valence-corrected chi connectivity index (χ4v) is 2.94. The van der Waals surface area contributed by atoms with E-state index < -0.39 is 5.92 Å². The van der Waals surface area contributed by atoms with E-state index in [1.807, 2.05) is 4.90 Å². The molecule has 1 saturated heterocycles. The molecule has 0 spiro atoms. The molecule has 2 fully saturated rings. The lowest BCUT2D eigenvalue weighted by molar-refractivity contribution is -0.0680. The maximum atomic E-state index is 13.2. The van der Waals surface area contributed by atoms with Crippen LogP contribution in [0.3, 0.4) is 0 Å². The average molecular weight is 232 g/mol. The average Bonchev–Trinajstić information content (AvgIpc) is 2.20. The molecule has 0 unspecified atom stereocenters. The highest BCUT2D eigenvalue weighted by molar-refractivity contribution is 4.82. The van der Waals surface area contributed by atoms with Crippen molar-refractivity contribution in [1.82, 2.24) is 4.90 Å². The molecule has 0 aromatic rings. The zero-order chi connectivity index (χ0) is 11.6. The second-order valence-electron chi connectivity index (χ2n) is 5.48. The summed E-state index contributed by atoms with van der Waals surface area (Å²) in [5, 5.41) is 0. The number of likely N-dealkylation sites (tertiary alicyclic amines) is 1. The van der Waals surface area contributed by atoms with Crippen molar-refractivity contribution < 1.29 is 8.78 Å². The molecule has 0 amide bonds. The van der Waals surface area contributed by atoms with Gasteiger partial charge in [-0.1, -0.05) is 0 Å². The van der Waals surface area contributed by atoms with Gasteiger partial charge in [0.15, 0.2) is 0 Å². The number of piperidine rings is 1. The van der Waals surface area contributed by atoms with E-state index in [0.29, 0.717) is 18.4 Å². The van der Waals surface area contributed by atoms with Gasteiger partial charge in [0.05, 0.1) is 6.54 Å². The van der Waals surface area contributed by atoms with Gasteiger partial charge in [-0.25, -0.2) is 8.78 Å². The Hall–Kier alpha value is -0.220. The molecule has 0 aromatic carbocycles. The lowest BCUT2D eigenvalue weighted by Gasteiger charge is -2.36. The predicted molar refractivity (Wildman–Crippen MR) is 60.6 cm³/mol. The van der Waals surface area contributed by atoms with Crippen LogP contribution in [0.1, 0.15) is 38.5 Å². The van der Waals surface area contributed by atoms with Crippen LogP contribution in [0.4, 0.5) is 8.78 Å². The molecule has 0 aromatic heterocycles. The van der Waals surface area contributed by atoms with Crippen molar-refractivity contribution in [3.8, 4) is 0 Å². The van der Waals surface area contributed by atoms with Gasteiger partial charge in [-0.2, -0.15) is 0 Å². The lowest BCUT2D eigenvalue weighted by Crippen LogP contribution is -2.45. The Morgan fingerprint density at radius 3 is 2.50 bits per heavy atom. The topological polar surface area (TPSA) is 29.3 Å². The van der Waals surface area contributed by atoms with Crippen molar-refractivity contribution in [2.45, 2.75) is 50.5 Å². The summed E-state index contributed by atoms with van der Waals surface area (Å²) in [6.45, 7) is 1.66. The fourth-order valence-electron chi connectivity index (χ4n) is 2.94. The zero-order valence-corrected chi connectivity index (χ0v) is 9.80. The summed E-state index contributed by atoms with van der Waals surface area (Å²) in [7, 11) is 0. The molecule has 2 nitrogen and oxygen atoms in total. The molecule has 1 aliphatic carbocycles. The number of rotatable bonds is 2. The Labute approximate surface area is 96.2 Å². The summed E-state index contributed by atoms with van der Waals surface area (Å²) < 4.78 is 26.4. The van der Waals surface area contributed by atoms with E-state index in [1.165, 1.54) is 0 Å². The van der Waals surface area contributed by atoms with Gasteiger partial charge in [-0.15, -0.1) is 0 Å². The summed E-state index contributed by atoms with van der Waals surface area (Å²) in [5.74, 6) is -1.86. The first-order valence-electron chi connectivity index (χ1n) is 6.41. The first-order chi connectivity index (χ1) is 7.55. The number of halogens is 2. The third-order valence-corrected chi connectivity index (χ3v) is 3.88. The summed E-state index contributed by atoms with van der Waals surface area (Å²) >= 11 is 0. The molecule has 2 aliphatic rings. The highest BCUT2D eigenvalue weighted by Gasteiger charge is 2.35. The van der Waals surface area contributed by atoms with E-state index in [2.05, 4.69) is 0 Å². The molecule has 0 radical (unpaired) electrons. The normalized spacial score (nSPS) is 36.2. The summed E-state index contributed by atoms with van der Waals surface area (Å²) in [4.78, 5) is 1.95. The van der Waals surface area contributed by atoms with Crippen LogP contribution in [0.2, 0.25) is 0 Å². The number of nitrogens with zero attached hydrogens (tertiary/aromatic N) is 1. The van der Waals surface area contributed by atoms with Crippen LogP contribution < -0.4 is 5.73 Å². The van der Waals surface area contributed by atoms with Gasteiger partial charge in [0.25, 0.3) is 5.92 Å². The minimum absolute atomic E-state index is 0.0322. The van der Waals surface area contributed by atoms with Gasteiger partial charge in [-0.3, -0.25) is 4.90 Å². The maximum absolute atomic E-state index is 13.2. The molecule has 1 aliphatic heterocycles. The van der Waals surface area contributed by atoms with E-state index in [9.17, 15) is 8.78 Å². The molecular weight excluding hydrogens is 210 g/mol. The van der Waals surface area contributed by atoms with Crippen LogP contribution in [0, 0.1) is 5.92 Å². The van der Waals surface area contributed by atoms with Gasteiger partial charge in [0.2, 0.25) is 0 Å². The number of hydrogen-bond donors (Lipinski definition) is 1. The van der Waals surface area contributed by atoms with Crippen LogP contribution in [0.25, 0.3) is 0 Å². The van der Waals surface area contributed by atoms with Gasteiger partial charge in [-0.05, 0) is 44.6 Å². The third kappa shape index (κ3) is 3.39. The Morgan fingerprint density at radius 2 is 1.88 bits per heavy atom. The Bertz CT molecular complexity index is 225. The summed E-state index contributed by atoms with van der Waals surface area (Å²) in [6, 6.07) is 0.346. The minimum atomic E-state index is -2.46. The Balaban J connectivity index is 1.76. The van der Waals surface area contributed by atoms with Gasteiger partial charge >= 0.3 is 0 Å². The minimum Gasteiger partial charge on any atom is -0.328 e. The monoisotopic (exact) mass is 232 g/mol. The molecule has 4 heteroatoms. The molecule has 1 heterocycles. The number of hydrogen-bond acceptors (Lipinski definition) is 2. The molecule has 16 heavy (non-hydrogen) atoms. The van der Waals surface area contributed by atoms with Crippen molar-refractivity contribution in [3.05, 3.63) is 0 Å². The SMILES string of the molecule is NC1CCC(CN2CCCC(F)(F)C2)CC1. The zero-order valence-electron chi connectivity index (χ0n) is 9.80. The first-order valence-corrected chi connectivity index (χ1v) is 6.41. The molecule has 0 bridgehead atoms. The molecule has 0 atom stereocenters. The van der Waals surface area contributed by atoms with E-state index in [4.69, 9.17) is 5.73 Å². The van der Waals surface area contributed by atoms with Crippen LogP contribution in [-0.4, -0.2) is 36.5 Å². The highest BCUT2D eigenvalue weighted by atomic mass is 19.3. The lowest BCUT2D eigenvalue weighted by atomic mass is 9.86. The van der Waals surface area contributed by atoms with Crippen LogP contribution in [-0.2, 0) is 0 Å². The van der Waals surface area contributed by atoms with E-state index in [-0.39, 0.29) is 13.0 Å². The van der Waals surface area contributed by atoms with Crippen molar-refractivity contribution >= 4 is 0 Å². The fraction of sp³-hybridized carbons (Fsp3) is 1.00. The maximum Gasteiger partial charge on any atom is 0.260 e. The van der Waals surface area contributed by atoms with Gasteiger partial charge in [0.1, 0.15) is 0 Å². The third-order valence-electron chi connectivity index (χ3n) is 3.88. The largest absolute Gasteiger partial charge is 0.328 e. The van der Waals surface area contributed by atoms with Crippen LogP contribution >= 0.6 is 0 Å². The highest BCUT2D eigenvalue weighted by Crippen LogP contribution is 2.29. The quantitative estimate of drug-likeness (QED) is 0.791. The summed E-state index contributed by atoms with van der Waals surface area (Å²) in [5.41, 5.74) is 5.84. The molecule has 2 rings (SSSR count). The second-order valence-corrected chi connectivity index (χ2v) is 5.48. The summed E-state index contributed by atoms with van der Waals surface area (Å²) in [6.07, 6.45) is 5.06. The van der Waals surface area contributed by atoms with Crippen molar-refractivity contribution in [2.24, 2.45) is 11.7 Å². The van der Waals surface area contributed by atoms with Crippen molar-refractivity contribution in [3.63, 3.8) is 0 Å². The Kier molecular flexibility index (Phi) is 3.80. The van der Waals surface area contributed by atoms with Crippen LogP contribution in [0.15, 0.2) is 0 Å². The Morgan fingerprint density at radius 1 is 1.19 bits per heavy atom. The molecule has 2 N–H and O–H groups in total. The van der Waals surface area contributed by atoms with Gasteiger partial charge in [0, 0.05) is 19.0 Å².